The summed E-state index contributed by atoms with van der Waals surface area (Å²) < 4.78 is 0. The lowest BCUT2D eigenvalue weighted by molar-refractivity contribution is -0.122. The molecule has 2 heterocycles. The lowest BCUT2D eigenvalue weighted by Crippen LogP contribution is -2.37. The molecule has 25 heavy (non-hydrogen) atoms. The molecule has 0 spiro atoms. The maximum atomic E-state index is 12.1. The number of H-pyrrole nitrogens is 1. The first-order chi connectivity index (χ1) is 12.1. The minimum atomic E-state index is -0.155. The third kappa shape index (κ3) is 5.00. The Hall–Kier alpha value is -2.47. The summed E-state index contributed by atoms with van der Waals surface area (Å²) in [7, 11) is 0. The van der Waals surface area contributed by atoms with Crippen LogP contribution in [-0.2, 0) is 11.2 Å². The van der Waals surface area contributed by atoms with E-state index in [-0.39, 0.29) is 11.5 Å². The van der Waals surface area contributed by atoms with Crippen LogP contribution in [0.5, 0.6) is 0 Å². The Morgan fingerprint density at radius 3 is 2.92 bits per heavy atom. The molecule has 1 aromatic carbocycles. The van der Waals surface area contributed by atoms with Gasteiger partial charge >= 0.3 is 0 Å². The van der Waals surface area contributed by atoms with Crippen molar-refractivity contribution in [1.29, 1.82) is 0 Å². The second-order valence-corrected chi connectivity index (χ2v) is 6.56. The van der Waals surface area contributed by atoms with Crippen molar-refractivity contribution in [2.24, 2.45) is 0 Å². The summed E-state index contributed by atoms with van der Waals surface area (Å²) in [5.41, 5.74) is 1.88. The average molecular weight is 340 g/mol. The summed E-state index contributed by atoms with van der Waals surface area (Å²) in [5.74, 6) is 1.13. The molecule has 1 aromatic heterocycles. The van der Waals surface area contributed by atoms with Gasteiger partial charge in [-0.05, 0) is 31.4 Å². The van der Waals surface area contributed by atoms with Gasteiger partial charge in [-0.3, -0.25) is 14.5 Å². The highest BCUT2D eigenvalue weighted by molar-refractivity contribution is 5.78. The Morgan fingerprint density at radius 1 is 1.36 bits per heavy atom. The van der Waals surface area contributed by atoms with E-state index in [1.165, 1.54) is 11.6 Å². The summed E-state index contributed by atoms with van der Waals surface area (Å²) in [4.78, 5) is 32.7. The Morgan fingerprint density at radius 2 is 2.16 bits per heavy atom. The molecule has 0 saturated carbocycles. The molecule has 1 amide bonds. The number of nitrogens with one attached hydrogen (secondary N) is 2. The van der Waals surface area contributed by atoms with Crippen LogP contribution < -0.4 is 10.9 Å². The number of hydrogen-bond acceptors (Lipinski definition) is 4. The van der Waals surface area contributed by atoms with Crippen molar-refractivity contribution >= 4 is 5.91 Å². The van der Waals surface area contributed by atoms with E-state index in [0.29, 0.717) is 36.9 Å². The van der Waals surface area contributed by atoms with E-state index in [1.54, 1.807) is 6.92 Å². The molecule has 1 aliphatic heterocycles. The monoisotopic (exact) mass is 340 g/mol. The van der Waals surface area contributed by atoms with Gasteiger partial charge in [-0.25, -0.2) is 4.98 Å². The summed E-state index contributed by atoms with van der Waals surface area (Å²) in [6.45, 7) is 4.54. The van der Waals surface area contributed by atoms with Gasteiger partial charge in [0.2, 0.25) is 5.91 Å². The number of benzene rings is 1. The largest absolute Gasteiger partial charge is 0.355 e. The molecular weight excluding hydrogens is 316 g/mol. The van der Waals surface area contributed by atoms with E-state index in [9.17, 15) is 9.59 Å². The summed E-state index contributed by atoms with van der Waals surface area (Å²) >= 11 is 0. The van der Waals surface area contributed by atoms with Crippen LogP contribution in [0.1, 0.15) is 29.4 Å². The van der Waals surface area contributed by atoms with E-state index in [2.05, 4.69) is 44.5 Å². The number of nitrogens with zero attached hydrogens (tertiary/aromatic N) is 2. The first-order valence-corrected chi connectivity index (χ1v) is 8.71. The van der Waals surface area contributed by atoms with Crippen LogP contribution in [0.25, 0.3) is 0 Å². The second-order valence-electron chi connectivity index (χ2n) is 6.56. The number of carbonyl (C=O) groups excluding carboxylic acids is 1. The van der Waals surface area contributed by atoms with Crippen LogP contribution in [-0.4, -0.2) is 47.0 Å². The fourth-order valence-electron chi connectivity index (χ4n) is 3.31. The number of amides is 1. The number of carbonyl (C=O) groups is 1. The summed E-state index contributed by atoms with van der Waals surface area (Å²) in [5, 5.41) is 2.91. The molecule has 1 atom stereocenters. The predicted octanol–water partition coefficient (Wildman–Crippen LogP) is 1.23. The number of aromatic nitrogens is 2. The molecule has 0 bridgehead atoms. The molecule has 6 nitrogen and oxygen atoms in total. The Bertz CT molecular complexity index is 772. The van der Waals surface area contributed by atoms with Crippen molar-refractivity contribution in [3.63, 3.8) is 0 Å². The maximum Gasteiger partial charge on any atom is 0.251 e. The molecule has 132 valence electrons. The molecule has 0 radical (unpaired) electrons. The van der Waals surface area contributed by atoms with Gasteiger partial charge < -0.3 is 10.3 Å². The van der Waals surface area contributed by atoms with Gasteiger partial charge in [0.05, 0.1) is 6.54 Å². The minimum absolute atomic E-state index is 0.0173. The molecule has 1 aliphatic rings. The lowest BCUT2D eigenvalue weighted by atomic mass is 9.99. The highest BCUT2D eigenvalue weighted by atomic mass is 16.2. The molecule has 6 heteroatoms. The van der Waals surface area contributed by atoms with Gasteiger partial charge in [-0.2, -0.15) is 0 Å². The fraction of sp³-hybridized carbons (Fsp3) is 0.421. The van der Waals surface area contributed by atoms with E-state index >= 15 is 0 Å². The number of rotatable bonds is 6. The molecule has 1 fully saturated rings. The van der Waals surface area contributed by atoms with E-state index in [0.717, 1.165) is 19.5 Å². The van der Waals surface area contributed by atoms with Crippen LogP contribution >= 0.6 is 0 Å². The predicted molar refractivity (Wildman–Crippen MR) is 96.5 cm³/mol. The average Bonchev–Trinajstić information content (AvgIpc) is 3.03. The second kappa shape index (κ2) is 8.07. The third-order valence-corrected chi connectivity index (χ3v) is 4.51. The maximum absolute atomic E-state index is 12.1. The van der Waals surface area contributed by atoms with E-state index < -0.39 is 0 Å². The van der Waals surface area contributed by atoms with Crippen molar-refractivity contribution in [3.8, 4) is 0 Å². The fourth-order valence-corrected chi connectivity index (χ4v) is 3.31. The van der Waals surface area contributed by atoms with Gasteiger partial charge in [-0.15, -0.1) is 0 Å². The minimum Gasteiger partial charge on any atom is -0.355 e. The zero-order valence-corrected chi connectivity index (χ0v) is 14.5. The highest BCUT2D eigenvalue weighted by Gasteiger charge is 2.24. The number of aryl methyl sites for hydroxylation is 1. The third-order valence-electron chi connectivity index (χ3n) is 4.51. The number of likely N-dealkylation sites (tertiary alicyclic amines) is 1. The quantitative estimate of drug-likeness (QED) is 0.829. The van der Waals surface area contributed by atoms with Gasteiger partial charge in [0.1, 0.15) is 5.82 Å². The highest BCUT2D eigenvalue weighted by Crippen LogP contribution is 2.26. The van der Waals surface area contributed by atoms with Crippen molar-refractivity contribution < 1.29 is 4.79 Å². The first-order valence-electron chi connectivity index (χ1n) is 8.71. The smallest absolute Gasteiger partial charge is 0.251 e. The van der Waals surface area contributed by atoms with E-state index in [1.807, 2.05) is 6.07 Å². The number of aromatic amines is 1. The standard InChI is InChI=1S/C19H24N4O2/c1-14-11-18(24)22-17(21-14)7-9-20-19(25)13-23-10-8-16(12-23)15-5-3-2-4-6-15/h2-6,11,16H,7-10,12-13H2,1H3,(H,20,25)(H,21,22,24)/t16-/m1/s1. The molecule has 2 aromatic rings. The van der Waals surface area contributed by atoms with Crippen molar-refractivity contribution in [3.05, 3.63) is 63.8 Å². The summed E-state index contributed by atoms with van der Waals surface area (Å²) in [6.07, 6.45) is 1.61. The first kappa shape index (κ1) is 17.4. The Balaban J connectivity index is 1.42. The molecule has 0 aliphatic carbocycles. The lowest BCUT2D eigenvalue weighted by Gasteiger charge is -2.16. The number of hydrogen-bond donors (Lipinski definition) is 2. The zero-order valence-electron chi connectivity index (χ0n) is 14.5. The van der Waals surface area contributed by atoms with Gasteiger partial charge in [0.15, 0.2) is 0 Å². The summed E-state index contributed by atoms with van der Waals surface area (Å²) in [6, 6.07) is 11.9. The normalized spacial score (nSPS) is 17.6. The van der Waals surface area contributed by atoms with Gasteiger partial charge in [0, 0.05) is 31.3 Å². The molecular formula is C19H24N4O2. The zero-order chi connectivity index (χ0) is 17.6. The van der Waals surface area contributed by atoms with Crippen molar-refractivity contribution in [2.75, 3.05) is 26.2 Å². The van der Waals surface area contributed by atoms with Crippen molar-refractivity contribution in [1.82, 2.24) is 20.2 Å². The van der Waals surface area contributed by atoms with Crippen molar-refractivity contribution in [2.45, 2.75) is 25.7 Å². The van der Waals surface area contributed by atoms with Crippen LogP contribution in [0.2, 0.25) is 0 Å². The molecule has 3 rings (SSSR count). The Kier molecular flexibility index (Phi) is 5.60. The van der Waals surface area contributed by atoms with Gasteiger partial charge in [0.25, 0.3) is 5.56 Å². The molecule has 2 N–H and O–H groups in total. The van der Waals surface area contributed by atoms with Gasteiger partial charge in [-0.1, -0.05) is 30.3 Å². The SMILES string of the molecule is Cc1cc(=O)[nH]c(CCNC(=O)CN2CC[C@@H](c3ccccc3)C2)n1. The molecule has 0 unspecified atom stereocenters. The van der Waals surface area contributed by atoms with Crippen LogP contribution in [0, 0.1) is 6.92 Å². The topological polar surface area (TPSA) is 78.1 Å². The van der Waals surface area contributed by atoms with E-state index in [4.69, 9.17) is 0 Å². The van der Waals surface area contributed by atoms with Crippen LogP contribution in [0.15, 0.2) is 41.2 Å². The molecule has 1 saturated heterocycles. The van der Waals surface area contributed by atoms with Crippen LogP contribution in [0.4, 0.5) is 0 Å². The Labute approximate surface area is 147 Å². The van der Waals surface area contributed by atoms with Crippen LogP contribution in [0.3, 0.4) is 0 Å².